The molecular weight excluding hydrogens is 373 g/mol. The van der Waals surface area contributed by atoms with E-state index in [1.807, 2.05) is 45.0 Å². The zero-order valence-corrected chi connectivity index (χ0v) is 17.0. The van der Waals surface area contributed by atoms with Crippen LogP contribution in [0.5, 0.6) is 5.75 Å². The number of benzene rings is 2. The molecule has 1 unspecified atom stereocenters. The summed E-state index contributed by atoms with van der Waals surface area (Å²) < 4.78 is 18.5. The summed E-state index contributed by atoms with van der Waals surface area (Å²) in [6.45, 7) is 5.87. The quantitative estimate of drug-likeness (QED) is 0.592. The van der Waals surface area contributed by atoms with Crippen LogP contribution in [0.4, 0.5) is 9.18 Å². The highest BCUT2D eigenvalue weighted by molar-refractivity contribution is 5.82. The Kier molecular flexibility index (Phi) is 8.45. The average molecular weight is 401 g/mol. The molecule has 0 aliphatic rings. The topological polar surface area (TPSA) is 79.5 Å². The minimum Gasteiger partial charge on any atom is -0.491 e. The van der Waals surface area contributed by atoms with Crippen LogP contribution in [0.2, 0.25) is 0 Å². The first-order valence-corrected chi connectivity index (χ1v) is 9.67. The van der Waals surface area contributed by atoms with Gasteiger partial charge < -0.3 is 10.1 Å². The Balaban J connectivity index is 1.66. The van der Waals surface area contributed by atoms with Crippen molar-refractivity contribution in [1.29, 1.82) is 0 Å². The molecule has 0 radical (unpaired) electrons. The lowest BCUT2D eigenvalue weighted by Crippen LogP contribution is -2.49. The summed E-state index contributed by atoms with van der Waals surface area (Å²) in [5.74, 6) is 0.0919. The summed E-state index contributed by atoms with van der Waals surface area (Å²) in [5.41, 5.74) is 6.48. The Morgan fingerprint density at radius 1 is 0.931 bits per heavy atom. The lowest BCUT2D eigenvalue weighted by atomic mass is 10.1. The number of hydrazine groups is 1. The number of hydrogen-bond donors (Lipinski definition) is 3. The van der Waals surface area contributed by atoms with E-state index in [0.29, 0.717) is 5.56 Å². The molecule has 0 fully saturated rings. The van der Waals surface area contributed by atoms with Crippen molar-refractivity contribution < 1.29 is 18.7 Å². The van der Waals surface area contributed by atoms with Crippen LogP contribution in [0.3, 0.4) is 0 Å². The first-order valence-electron chi connectivity index (χ1n) is 9.67. The summed E-state index contributed by atoms with van der Waals surface area (Å²) in [6, 6.07) is 13.0. The van der Waals surface area contributed by atoms with Crippen LogP contribution >= 0.6 is 0 Å². The van der Waals surface area contributed by atoms with Crippen molar-refractivity contribution in [3.63, 3.8) is 0 Å². The number of aryl methyl sites for hydroxylation is 1. The second-order valence-corrected chi connectivity index (χ2v) is 7.20. The number of nitrogens with one attached hydrogen (secondary N) is 3. The fraction of sp³-hybridized carbons (Fsp3) is 0.364. The zero-order valence-electron chi connectivity index (χ0n) is 17.0. The standard InChI is InChI=1S/C22H28FN3O3/c1-15(2)29-20-12-8-17(9-13-20)5-4-16(3)24-22(28)26-25-21(27)14-18-6-10-19(23)11-7-18/h6-13,15-16H,4-5,14H2,1-3H3,(H,25,27)(H2,24,26,28). The van der Waals surface area contributed by atoms with Crippen molar-refractivity contribution in [3.05, 3.63) is 65.5 Å². The fourth-order valence-corrected chi connectivity index (χ4v) is 2.68. The van der Waals surface area contributed by atoms with E-state index >= 15 is 0 Å². The normalized spacial score (nSPS) is 11.6. The van der Waals surface area contributed by atoms with Crippen LogP contribution in [-0.2, 0) is 17.6 Å². The lowest BCUT2D eigenvalue weighted by Gasteiger charge is -2.15. The number of amides is 3. The average Bonchev–Trinajstić information content (AvgIpc) is 2.67. The molecule has 0 aliphatic heterocycles. The maximum atomic E-state index is 12.9. The van der Waals surface area contributed by atoms with Gasteiger partial charge >= 0.3 is 6.03 Å². The van der Waals surface area contributed by atoms with Gasteiger partial charge in [0.2, 0.25) is 5.91 Å². The predicted molar refractivity (Wildman–Crippen MR) is 110 cm³/mol. The number of ether oxygens (including phenoxy) is 1. The first kappa shape index (κ1) is 22.2. The van der Waals surface area contributed by atoms with Crippen LogP contribution in [0.1, 0.15) is 38.3 Å². The third kappa shape index (κ3) is 8.64. The molecule has 0 spiro atoms. The molecule has 2 aromatic rings. The van der Waals surface area contributed by atoms with Gasteiger partial charge in [0, 0.05) is 6.04 Å². The summed E-state index contributed by atoms with van der Waals surface area (Å²) >= 11 is 0. The first-order chi connectivity index (χ1) is 13.8. The number of halogens is 1. The van der Waals surface area contributed by atoms with Crippen molar-refractivity contribution in [1.82, 2.24) is 16.2 Å². The van der Waals surface area contributed by atoms with Crippen molar-refractivity contribution in [2.45, 2.75) is 52.2 Å². The van der Waals surface area contributed by atoms with E-state index in [0.717, 1.165) is 24.2 Å². The molecule has 29 heavy (non-hydrogen) atoms. The van der Waals surface area contributed by atoms with Crippen LogP contribution in [-0.4, -0.2) is 24.1 Å². The molecule has 0 bridgehead atoms. The van der Waals surface area contributed by atoms with Gasteiger partial charge in [0.15, 0.2) is 0 Å². The zero-order chi connectivity index (χ0) is 21.2. The Labute approximate surface area is 170 Å². The van der Waals surface area contributed by atoms with E-state index in [1.165, 1.54) is 24.3 Å². The van der Waals surface area contributed by atoms with E-state index in [-0.39, 0.29) is 30.3 Å². The molecule has 6 nitrogen and oxygen atoms in total. The second-order valence-electron chi connectivity index (χ2n) is 7.20. The van der Waals surface area contributed by atoms with Crippen molar-refractivity contribution in [2.24, 2.45) is 0 Å². The number of carbonyl (C=O) groups excluding carboxylic acids is 2. The number of carbonyl (C=O) groups is 2. The summed E-state index contributed by atoms with van der Waals surface area (Å²) in [5, 5.41) is 2.78. The van der Waals surface area contributed by atoms with Crippen LogP contribution < -0.4 is 20.9 Å². The Morgan fingerprint density at radius 3 is 2.17 bits per heavy atom. The van der Waals surface area contributed by atoms with Gasteiger partial charge in [-0.25, -0.2) is 14.6 Å². The van der Waals surface area contributed by atoms with E-state index in [4.69, 9.17) is 4.74 Å². The molecular formula is C22H28FN3O3. The molecule has 2 rings (SSSR count). The molecule has 156 valence electrons. The van der Waals surface area contributed by atoms with Gasteiger partial charge in [-0.3, -0.25) is 10.2 Å². The molecule has 7 heteroatoms. The van der Waals surface area contributed by atoms with Gasteiger partial charge in [-0.15, -0.1) is 0 Å². The molecule has 0 aliphatic carbocycles. The largest absolute Gasteiger partial charge is 0.491 e. The monoisotopic (exact) mass is 401 g/mol. The van der Waals surface area contributed by atoms with E-state index in [9.17, 15) is 14.0 Å². The molecule has 0 heterocycles. The van der Waals surface area contributed by atoms with Gasteiger partial charge in [-0.1, -0.05) is 24.3 Å². The van der Waals surface area contributed by atoms with E-state index < -0.39 is 6.03 Å². The maximum Gasteiger partial charge on any atom is 0.333 e. The van der Waals surface area contributed by atoms with E-state index in [2.05, 4.69) is 16.2 Å². The molecule has 1 atom stereocenters. The smallest absolute Gasteiger partial charge is 0.333 e. The van der Waals surface area contributed by atoms with E-state index in [1.54, 1.807) is 0 Å². The molecule has 2 aromatic carbocycles. The molecule has 0 saturated heterocycles. The lowest BCUT2D eigenvalue weighted by molar-refractivity contribution is -0.121. The predicted octanol–water partition coefficient (Wildman–Crippen LogP) is 3.51. The molecule has 0 aromatic heterocycles. The van der Waals surface area contributed by atoms with Crippen LogP contribution in [0, 0.1) is 5.82 Å². The Morgan fingerprint density at radius 2 is 1.55 bits per heavy atom. The highest BCUT2D eigenvalue weighted by atomic mass is 19.1. The summed E-state index contributed by atoms with van der Waals surface area (Å²) in [6.07, 6.45) is 1.74. The van der Waals surface area contributed by atoms with Gasteiger partial charge in [-0.05, 0) is 69.0 Å². The maximum absolute atomic E-state index is 12.9. The van der Waals surface area contributed by atoms with Gasteiger partial charge in [0.25, 0.3) is 0 Å². The molecule has 3 N–H and O–H groups in total. The Bertz CT molecular complexity index is 792. The van der Waals surface area contributed by atoms with Crippen LogP contribution in [0.25, 0.3) is 0 Å². The highest BCUT2D eigenvalue weighted by Gasteiger charge is 2.09. The highest BCUT2D eigenvalue weighted by Crippen LogP contribution is 2.15. The SMILES string of the molecule is CC(CCc1ccc(OC(C)C)cc1)NC(=O)NNC(=O)Cc1ccc(F)cc1. The van der Waals surface area contributed by atoms with Gasteiger partial charge in [0.1, 0.15) is 11.6 Å². The van der Waals surface area contributed by atoms with Gasteiger partial charge in [-0.2, -0.15) is 0 Å². The number of rotatable bonds is 8. The summed E-state index contributed by atoms with van der Waals surface area (Å²) in [7, 11) is 0. The Hall–Kier alpha value is -3.09. The molecule has 0 saturated carbocycles. The number of hydrogen-bond acceptors (Lipinski definition) is 3. The fourth-order valence-electron chi connectivity index (χ4n) is 2.68. The number of urea groups is 1. The van der Waals surface area contributed by atoms with Crippen molar-refractivity contribution >= 4 is 11.9 Å². The van der Waals surface area contributed by atoms with Crippen LogP contribution in [0.15, 0.2) is 48.5 Å². The third-order valence-corrected chi connectivity index (χ3v) is 4.13. The minimum absolute atomic E-state index is 0.0482. The second kappa shape index (κ2) is 11.0. The third-order valence-electron chi connectivity index (χ3n) is 4.13. The molecule has 3 amide bonds. The van der Waals surface area contributed by atoms with Gasteiger partial charge in [0.05, 0.1) is 12.5 Å². The minimum atomic E-state index is -0.481. The van der Waals surface area contributed by atoms with Crippen molar-refractivity contribution in [2.75, 3.05) is 0 Å². The van der Waals surface area contributed by atoms with Crippen molar-refractivity contribution in [3.8, 4) is 5.75 Å². The summed E-state index contributed by atoms with van der Waals surface area (Å²) in [4.78, 5) is 23.7.